The molecule has 1 atom stereocenters. The molecule has 1 fully saturated rings. The molecule has 3 rings (SSSR count). The Morgan fingerprint density at radius 3 is 2.33 bits per heavy atom. The van der Waals surface area contributed by atoms with Crippen molar-refractivity contribution in [2.24, 2.45) is 11.7 Å². The highest BCUT2D eigenvalue weighted by Crippen LogP contribution is 2.39. The van der Waals surface area contributed by atoms with Crippen LogP contribution in [-0.2, 0) is 0 Å². The molecule has 2 aromatic carbocycles. The highest BCUT2D eigenvalue weighted by Gasteiger charge is 2.41. The van der Waals surface area contributed by atoms with Gasteiger partial charge in [-0.15, -0.1) is 12.4 Å². The summed E-state index contributed by atoms with van der Waals surface area (Å²) in [7, 11) is 0. The van der Waals surface area contributed by atoms with Crippen LogP contribution in [0.15, 0.2) is 48.5 Å². The van der Waals surface area contributed by atoms with Crippen molar-refractivity contribution in [2.75, 3.05) is 11.9 Å². The smallest absolute Gasteiger partial charge is 0.255 e. The molecule has 4 N–H and O–H groups in total. The van der Waals surface area contributed by atoms with Crippen LogP contribution in [-0.4, -0.2) is 23.9 Å². The fourth-order valence-electron chi connectivity index (χ4n) is 3.05. The van der Waals surface area contributed by atoms with E-state index in [0.29, 0.717) is 29.3 Å². The van der Waals surface area contributed by atoms with E-state index in [1.807, 2.05) is 38.1 Å². The lowest BCUT2D eigenvalue weighted by Crippen LogP contribution is -2.53. The Hall–Kier alpha value is -2.37. The third-order valence-corrected chi connectivity index (χ3v) is 5.09. The fourth-order valence-corrected chi connectivity index (χ4v) is 3.05. The van der Waals surface area contributed by atoms with E-state index >= 15 is 0 Å². The third kappa shape index (κ3) is 4.87. The third-order valence-electron chi connectivity index (χ3n) is 5.09. The van der Waals surface area contributed by atoms with Crippen molar-refractivity contribution in [1.29, 1.82) is 0 Å². The molecule has 27 heavy (non-hydrogen) atoms. The fraction of sp³-hybridized carbons (Fsp3) is 0.333. The molecular formula is C21H26ClN3O2. The zero-order valence-corrected chi connectivity index (χ0v) is 16.4. The highest BCUT2D eigenvalue weighted by molar-refractivity contribution is 6.05. The van der Waals surface area contributed by atoms with Crippen molar-refractivity contribution in [1.82, 2.24) is 5.32 Å². The number of hydrogen-bond acceptors (Lipinski definition) is 3. The molecule has 0 spiro atoms. The van der Waals surface area contributed by atoms with Gasteiger partial charge >= 0.3 is 0 Å². The minimum absolute atomic E-state index is 0. The van der Waals surface area contributed by atoms with Crippen LogP contribution in [0.2, 0.25) is 0 Å². The van der Waals surface area contributed by atoms with E-state index in [-0.39, 0.29) is 29.8 Å². The normalized spacial score (nSPS) is 15.2. The Kier molecular flexibility index (Phi) is 6.63. The first-order valence-corrected chi connectivity index (χ1v) is 8.92. The minimum Gasteiger partial charge on any atom is -0.345 e. The van der Waals surface area contributed by atoms with Crippen LogP contribution in [0.1, 0.15) is 46.0 Å². The summed E-state index contributed by atoms with van der Waals surface area (Å²) >= 11 is 0. The first kappa shape index (κ1) is 20.9. The molecular weight excluding hydrogens is 362 g/mol. The Balaban J connectivity index is 0.00000261. The van der Waals surface area contributed by atoms with Crippen LogP contribution in [0.25, 0.3) is 0 Å². The van der Waals surface area contributed by atoms with Gasteiger partial charge in [0.15, 0.2) is 0 Å². The quantitative estimate of drug-likeness (QED) is 0.708. The molecule has 1 saturated carbocycles. The lowest BCUT2D eigenvalue weighted by molar-refractivity contribution is 0.0897. The van der Waals surface area contributed by atoms with Gasteiger partial charge in [-0.3, -0.25) is 9.59 Å². The molecule has 0 radical (unpaired) electrons. The van der Waals surface area contributed by atoms with Crippen LogP contribution < -0.4 is 16.4 Å². The predicted octanol–water partition coefficient (Wildman–Crippen LogP) is 3.53. The van der Waals surface area contributed by atoms with Gasteiger partial charge in [0.05, 0.1) is 5.54 Å². The Morgan fingerprint density at radius 2 is 1.74 bits per heavy atom. The van der Waals surface area contributed by atoms with Gasteiger partial charge in [-0.2, -0.15) is 0 Å². The number of amides is 2. The monoisotopic (exact) mass is 387 g/mol. The molecule has 0 aliphatic heterocycles. The van der Waals surface area contributed by atoms with Gasteiger partial charge < -0.3 is 16.4 Å². The number of benzene rings is 2. The van der Waals surface area contributed by atoms with Crippen molar-refractivity contribution in [3.63, 3.8) is 0 Å². The van der Waals surface area contributed by atoms with Gasteiger partial charge in [-0.25, -0.2) is 0 Å². The standard InChI is InChI=1S/C21H25N3O2.ClH/c1-14-8-9-16(20(26)24-21(2,13-22)17-10-11-17)12-18(14)23-19(25)15-6-4-3-5-7-15;/h3-9,12,17H,10-11,13,22H2,1-2H3,(H,23,25)(H,24,26);1H. The van der Waals surface area contributed by atoms with Crippen LogP contribution in [0.5, 0.6) is 0 Å². The van der Waals surface area contributed by atoms with Gasteiger partial charge in [0.1, 0.15) is 0 Å². The van der Waals surface area contributed by atoms with E-state index in [2.05, 4.69) is 10.6 Å². The van der Waals surface area contributed by atoms with Crippen molar-refractivity contribution in [3.8, 4) is 0 Å². The van der Waals surface area contributed by atoms with E-state index in [1.54, 1.807) is 24.3 Å². The maximum atomic E-state index is 12.7. The molecule has 1 aliphatic rings. The second kappa shape index (κ2) is 8.55. The van der Waals surface area contributed by atoms with Crippen LogP contribution in [0.3, 0.4) is 0 Å². The Labute approximate surface area is 166 Å². The molecule has 0 aromatic heterocycles. The summed E-state index contributed by atoms with van der Waals surface area (Å²) < 4.78 is 0. The van der Waals surface area contributed by atoms with E-state index < -0.39 is 0 Å². The van der Waals surface area contributed by atoms with Crippen molar-refractivity contribution < 1.29 is 9.59 Å². The van der Waals surface area contributed by atoms with Crippen molar-refractivity contribution in [2.45, 2.75) is 32.2 Å². The lowest BCUT2D eigenvalue weighted by atomic mass is 9.95. The van der Waals surface area contributed by atoms with Crippen LogP contribution >= 0.6 is 12.4 Å². The summed E-state index contributed by atoms with van der Waals surface area (Å²) in [5.41, 5.74) is 8.13. The summed E-state index contributed by atoms with van der Waals surface area (Å²) in [4.78, 5) is 25.1. The summed E-state index contributed by atoms with van der Waals surface area (Å²) in [5, 5.41) is 5.97. The molecule has 144 valence electrons. The van der Waals surface area contributed by atoms with Gasteiger partial charge in [0.25, 0.3) is 11.8 Å². The number of carbonyl (C=O) groups is 2. The topological polar surface area (TPSA) is 84.2 Å². The number of nitrogens with one attached hydrogen (secondary N) is 2. The van der Waals surface area contributed by atoms with Crippen LogP contribution in [0.4, 0.5) is 5.69 Å². The minimum atomic E-state index is -0.380. The molecule has 6 heteroatoms. The molecule has 2 amide bonds. The second-order valence-corrected chi connectivity index (χ2v) is 7.20. The molecule has 1 aliphatic carbocycles. The average Bonchev–Trinajstić information content (AvgIpc) is 3.49. The van der Waals surface area contributed by atoms with Crippen molar-refractivity contribution in [3.05, 3.63) is 65.2 Å². The molecule has 0 bridgehead atoms. The van der Waals surface area contributed by atoms with E-state index in [4.69, 9.17) is 5.73 Å². The van der Waals surface area contributed by atoms with Crippen molar-refractivity contribution >= 4 is 29.9 Å². The number of hydrogen-bond donors (Lipinski definition) is 3. The SMILES string of the molecule is Cc1ccc(C(=O)NC(C)(CN)C2CC2)cc1NC(=O)c1ccccc1.Cl. The summed E-state index contributed by atoms with van der Waals surface area (Å²) in [6.45, 7) is 4.30. The van der Waals surface area contributed by atoms with Crippen LogP contribution in [0, 0.1) is 12.8 Å². The molecule has 0 saturated heterocycles. The number of nitrogens with two attached hydrogens (primary N) is 1. The van der Waals surface area contributed by atoms with Gasteiger partial charge in [-0.1, -0.05) is 24.3 Å². The van der Waals surface area contributed by atoms with E-state index in [9.17, 15) is 9.59 Å². The Bertz CT molecular complexity index is 821. The predicted molar refractivity (Wildman–Crippen MR) is 110 cm³/mol. The summed E-state index contributed by atoms with van der Waals surface area (Å²) in [6, 6.07) is 14.3. The first-order valence-electron chi connectivity index (χ1n) is 8.92. The lowest BCUT2D eigenvalue weighted by Gasteiger charge is -2.29. The number of carbonyl (C=O) groups excluding carboxylic acids is 2. The van der Waals surface area contributed by atoms with Gasteiger partial charge in [0.2, 0.25) is 0 Å². The van der Waals surface area contributed by atoms with Gasteiger partial charge in [0, 0.05) is 23.4 Å². The number of halogens is 1. The number of rotatable bonds is 6. The Morgan fingerprint density at radius 1 is 1.07 bits per heavy atom. The average molecular weight is 388 g/mol. The summed E-state index contributed by atoms with van der Waals surface area (Å²) in [5.74, 6) is 0.0789. The molecule has 1 unspecified atom stereocenters. The van der Waals surface area contributed by atoms with Gasteiger partial charge in [-0.05, 0) is 62.4 Å². The number of aryl methyl sites for hydroxylation is 1. The zero-order valence-electron chi connectivity index (χ0n) is 15.6. The maximum absolute atomic E-state index is 12.7. The van der Waals surface area contributed by atoms with E-state index in [1.165, 1.54) is 0 Å². The molecule has 5 nitrogen and oxygen atoms in total. The first-order chi connectivity index (χ1) is 12.4. The maximum Gasteiger partial charge on any atom is 0.255 e. The largest absolute Gasteiger partial charge is 0.345 e. The second-order valence-electron chi connectivity index (χ2n) is 7.20. The highest BCUT2D eigenvalue weighted by atomic mass is 35.5. The zero-order chi connectivity index (χ0) is 18.7. The molecule has 2 aromatic rings. The summed E-state index contributed by atoms with van der Waals surface area (Å²) in [6.07, 6.45) is 2.19. The van der Waals surface area contributed by atoms with E-state index in [0.717, 1.165) is 18.4 Å². The number of anilines is 1. The molecule has 0 heterocycles.